The number of aromatic nitrogens is 2. The zero-order valence-corrected chi connectivity index (χ0v) is 17.7. The van der Waals surface area contributed by atoms with Crippen LogP contribution in [0.2, 0.25) is 0 Å². The summed E-state index contributed by atoms with van der Waals surface area (Å²) in [5.41, 5.74) is 2.09. The van der Waals surface area contributed by atoms with Gasteiger partial charge in [0.2, 0.25) is 0 Å². The number of nitrogens with zero attached hydrogens (tertiary/aromatic N) is 3. The first kappa shape index (κ1) is 22.8. The van der Waals surface area contributed by atoms with Crippen molar-refractivity contribution >= 4 is 11.7 Å². The Kier molecular flexibility index (Phi) is 6.38. The summed E-state index contributed by atoms with van der Waals surface area (Å²) in [6.07, 6.45) is -4.62. The number of amides is 1. The van der Waals surface area contributed by atoms with Crippen LogP contribution in [-0.4, -0.2) is 48.3 Å². The number of hydrogen-bond acceptors (Lipinski definition) is 5. The van der Waals surface area contributed by atoms with E-state index in [0.29, 0.717) is 30.2 Å². The molecule has 31 heavy (non-hydrogen) atoms. The molecular formula is C21H24F4N4O2. The van der Waals surface area contributed by atoms with Crippen LogP contribution in [0.5, 0.6) is 5.75 Å². The van der Waals surface area contributed by atoms with Crippen LogP contribution in [0, 0.1) is 26.6 Å². The Morgan fingerprint density at radius 2 is 1.94 bits per heavy atom. The lowest BCUT2D eigenvalue weighted by Crippen LogP contribution is -2.54. The number of halogens is 4. The zero-order valence-electron chi connectivity index (χ0n) is 17.7. The molecule has 0 aliphatic carbocycles. The van der Waals surface area contributed by atoms with Gasteiger partial charge in [-0.15, -0.1) is 0 Å². The van der Waals surface area contributed by atoms with Crippen LogP contribution in [-0.2, 0) is 4.79 Å². The number of carbonyl (C=O) groups excluding carboxylic acids is 1. The van der Waals surface area contributed by atoms with Gasteiger partial charge in [0.25, 0.3) is 0 Å². The second-order valence-corrected chi connectivity index (χ2v) is 7.62. The Hall–Kier alpha value is -2.91. The van der Waals surface area contributed by atoms with E-state index < -0.39 is 29.9 Å². The number of benzene rings is 1. The number of carbonyl (C=O) groups is 1. The van der Waals surface area contributed by atoms with Gasteiger partial charge in [-0.25, -0.2) is 14.4 Å². The van der Waals surface area contributed by atoms with E-state index >= 15 is 0 Å². The molecule has 10 heteroatoms. The fourth-order valence-corrected chi connectivity index (χ4v) is 3.91. The van der Waals surface area contributed by atoms with Crippen molar-refractivity contribution in [3.05, 3.63) is 46.7 Å². The maximum atomic E-state index is 14.2. The van der Waals surface area contributed by atoms with Crippen LogP contribution >= 0.6 is 0 Å². The van der Waals surface area contributed by atoms with E-state index in [-0.39, 0.29) is 12.3 Å². The topological polar surface area (TPSA) is 67.3 Å². The Bertz CT molecular complexity index is 981. The lowest BCUT2D eigenvalue weighted by atomic mass is 9.85. The average molecular weight is 440 g/mol. The monoisotopic (exact) mass is 440 g/mol. The summed E-state index contributed by atoms with van der Waals surface area (Å²) in [6, 6.07) is 3.39. The molecule has 1 aromatic carbocycles. The summed E-state index contributed by atoms with van der Waals surface area (Å²) in [7, 11) is 1.33. The second kappa shape index (κ2) is 8.68. The van der Waals surface area contributed by atoms with Crippen molar-refractivity contribution in [2.24, 2.45) is 0 Å². The van der Waals surface area contributed by atoms with E-state index in [0.717, 1.165) is 11.3 Å². The molecule has 1 aliphatic rings. The van der Waals surface area contributed by atoms with Crippen molar-refractivity contribution in [2.45, 2.75) is 45.3 Å². The highest BCUT2D eigenvalue weighted by atomic mass is 19.4. The van der Waals surface area contributed by atoms with Crippen LogP contribution in [0.1, 0.15) is 35.0 Å². The molecule has 6 nitrogen and oxygen atoms in total. The predicted molar refractivity (Wildman–Crippen MR) is 107 cm³/mol. The van der Waals surface area contributed by atoms with Gasteiger partial charge in [-0.05, 0) is 44.9 Å². The molecule has 0 spiro atoms. The highest BCUT2D eigenvalue weighted by Gasteiger charge is 2.42. The minimum absolute atomic E-state index is 0.0413. The lowest BCUT2D eigenvalue weighted by molar-refractivity contribution is -0.174. The average Bonchev–Trinajstić information content (AvgIpc) is 2.70. The minimum Gasteiger partial charge on any atom is -0.494 e. The Balaban J connectivity index is 1.94. The van der Waals surface area contributed by atoms with Crippen molar-refractivity contribution < 1.29 is 27.1 Å². The number of aryl methyl sites for hydroxylation is 2. The summed E-state index contributed by atoms with van der Waals surface area (Å²) < 4.78 is 58.1. The van der Waals surface area contributed by atoms with Gasteiger partial charge in [-0.2, -0.15) is 13.2 Å². The summed E-state index contributed by atoms with van der Waals surface area (Å²) in [4.78, 5) is 22.3. The minimum atomic E-state index is -5.02. The Labute approximate surface area is 177 Å². The van der Waals surface area contributed by atoms with Crippen molar-refractivity contribution in [2.75, 3.05) is 25.1 Å². The quantitative estimate of drug-likeness (QED) is 0.736. The van der Waals surface area contributed by atoms with Gasteiger partial charge in [0.05, 0.1) is 13.2 Å². The first-order chi connectivity index (χ1) is 14.5. The van der Waals surface area contributed by atoms with Crippen LogP contribution in [0.25, 0.3) is 0 Å². The fraction of sp³-hybridized carbons (Fsp3) is 0.476. The van der Waals surface area contributed by atoms with Crippen LogP contribution in [0.3, 0.4) is 0 Å². The molecule has 0 saturated carbocycles. The van der Waals surface area contributed by atoms with Gasteiger partial charge in [-0.1, -0.05) is 6.07 Å². The molecule has 3 rings (SSSR count). The van der Waals surface area contributed by atoms with Gasteiger partial charge in [0.1, 0.15) is 11.6 Å². The Morgan fingerprint density at radius 1 is 1.23 bits per heavy atom. The molecule has 1 amide bonds. The first-order valence-corrected chi connectivity index (χ1v) is 9.79. The van der Waals surface area contributed by atoms with Crippen LogP contribution in [0.15, 0.2) is 18.2 Å². The van der Waals surface area contributed by atoms with Crippen molar-refractivity contribution in [1.82, 2.24) is 15.3 Å². The van der Waals surface area contributed by atoms with Gasteiger partial charge in [0, 0.05) is 30.3 Å². The van der Waals surface area contributed by atoms with E-state index in [2.05, 4.69) is 15.3 Å². The number of nitrogens with one attached hydrogen (secondary N) is 1. The summed E-state index contributed by atoms with van der Waals surface area (Å²) >= 11 is 0. The second-order valence-electron chi connectivity index (χ2n) is 7.62. The number of hydrogen-bond donors (Lipinski definition) is 1. The first-order valence-electron chi connectivity index (χ1n) is 9.79. The molecule has 2 heterocycles. The zero-order chi connectivity index (χ0) is 22.9. The molecule has 1 saturated heterocycles. The molecule has 2 atom stereocenters. The number of rotatable bonds is 4. The van der Waals surface area contributed by atoms with E-state index in [4.69, 9.17) is 4.74 Å². The van der Waals surface area contributed by atoms with Gasteiger partial charge < -0.3 is 15.0 Å². The van der Waals surface area contributed by atoms with E-state index in [1.54, 1.807) is 13.0 Å². The SMILES string of the molecule is COc1ccc(C2CCN(c3nc(C)nc(C)c3C)CC2NC(=O)C(F)(F)F)cc1F. The maximum Gasteiger partial charge on any atom is 0.471 e. The number of anilines is 1. The van der Waals surface area contributed by atoms with Gasteiger partial charge in [-0.3, -0.25) is 4.79 Å². The molecule has 1 aliphatic heterocycles. The number of piperidine rings is 1. The lowest BCUT2D eigenvalue weighted by Gasteiger charge is -2.40. The van der Waals surface area contributed by atoms with E-state index in [9.17, 15) is 22.4 Å². The normalized spacial score (nSPS) is 19.3. The third kappa shape index (κ3) is 4.88. The summed E-state index contributed by atoms with van der Waals surface area (Å²) in [6.45, 7) is 6.00. The third-order valence-corrected chi connectivity index (χ3v) is 5.57. The fourth-order valence-electron chi connectivity index (χ4n) is 3.91. The molecule has 168 valence electrons. The van der Waals surface area contributed by atoms with Crippen LogP contribution in [0.4, 0.5) is 23.4 Å². The maximum absolute atomic E-state index is 14.2. The van der Waals surface area contributed by atoms with Crippen LogP contribution < -0.4 is 15.0 Å². The highest BCUT2D eigenvalue weighted by molar-refractivity contribution is 5.82. The van der Waals surface area contributed by atoms with Gasteiger partial charge in [0.15, 0.2) is 11.6 Å². The van der Waals surface area contributed by atoms with Crippen molar-refractivity contribution in [3.8, 4) is 5.75 Å². The third-order valence-electron chi connectivity index (χ3n) is 5.57. The molecule has 0 bridgehead atoms. The molecule has 1 fully saturated rings. The summed E-state index contributed by atoms with van der Waals surface area (Å²) in [5.74, 6) is -1.93. The molecule has 2 unspecified atom stereocenters. The smallest absolute Gasteiger partial charge is 0.471 e. The van der Waals surface area contributed by atoms with Crippen molar-refractivity contribution in [1.29, 1.82) is 0 Å². The Morgan fingerprint density at radius 3 is 2.55 bits per heavy atom. The molecule has 1 aromatic heterocycles. The number of methoxy groups -OCH3 is 1. The molecule has 1 N–H and O–H groups in total. The van der Waals surface area contributed by atoms with E-state index in [1.165, 1.54) is 19.2 Å². The van der Waals surface area contributed by atoms with Gasteiger partial charge >= 0.3 is 12.1 Å². The standard InChI is InChI=1S/C21H24F4N4O2/c1-11-12(2)26-13(3)27-19(11)29-8-7-15(14-5-6-18(31-4)16(22)9-14)17(10-29)28-20(30)21(23,24)25/h5-6,9,15,17H,7-8,10H2,1-4H3,(H,28,30). The largest absolute Gasteiger partial charge is 0.494 e. The molecule has 2 aromatic rings. The molecular weight excluding hydrogens is 416 g/mol. The predicted octanol–water partition coefficient (Wildman–Crippen LogP) is 3.59. The molecule has 0 radical (unpaired) electrons. The van der Waals surface area contributed by atoms with E-state index in [1.807, 2.05) is 18.7 Å². The summed E-state index contributed by atoms with van der Waals surface area (Å²) in [5, 5.41) is 2.10. The van der Waals surface area contributed by atoms with Crippen molar-refractivity contribution in [3.63, 3.8) is 0 Å². The highest BCUT2D eigenvalue weighted by Crippen LogP contribution is 2.34. The number of alkyl halides is 3. The number of ether oxygens (including phenoxy) is 1.